The van der Waals surface area contributed by atoms with Crippen LogP contribution in [0.3, 0.4) is 0 Å². The second-order valence-corrected chi connectivity index (χ2v) is 4.80. The van der Waals surface area contributed by atoms with Crippen LogP contribution in [0.15, 0.2) is 23.9 Å². The van der Waals surface area contributed by atoms with Gasteiger partial charge in [-0.05, 0) is 31.9 Å². The Kier molecular flexibility index (Phi) is 3.93. The van der Waals surface area contributed by atoms with Gasteiger partial charge in [0.25, 0.3) is 0 Å². The number of halogens is 2. The van der Waals surface area contributed by atoms with Crippen LogP contribution < -0.4 is 4.90 Å². The van der Waals surface area contributed by atoms with Crippen LogP contribution in [-0.4, -0.2) is 28.2 Å². The maximum Gasteiger partial charge on any atom is 0.344 e. The third kappa shape index (κ3) is 3.01. The molecule has 1 saturated carbocycles. The zero-order chi connectivity index (χ0) is 15.7. The molecule has 1 aromatic carbocycles. The molecule has 0 radical (unpaired) electrons. The summed E-state index contributed by atoms with van der Waals surface area (Å²) in [6, 6.07) is 2.13. The van der Waals surface area contributed by atoms with E-state index < -0.39 is 29.1 Å². The van der Waals surface area contributed by atoms with Gasteiger partial charge < -0.3 is 15.1 Å². The molecule has 1 fully saturated rings. The van der Waals surface area contributed by atoms with E-state index in [1.165, 1.54) is 17.9 Å². The Morgan fingerprint density at radius 1 is 1.24 bits per heavy atom. The molecule has 0 unspecified atom stereocenters. The highest BCUT2D eigenvalue weighted by atomic mass is 19.2. The van der Waals surface area contributed by atoms with Crippen LogP contribution >= 0.6 is 0 Å². The van der Waals surface area contributed by atoms with Gasteiger partial charge in [0.05, 0.1) is 0 Å². The molecular weight excluding hydrogens is 284 g/mol. The van der Waals surface area contributed by atoms with Crippen molar-refractivity contribution in [2.45, 2.75) is 25.8 Å². The second kappa shape index (κ2) is 5.51. The predicted molar refractivity (Wildman–Crippen MR) is 70.0 cm³/mol. The molecule has 0 aromatic heterocycles. The Hall–Kier alpha value is -2.44. The van der Waals surface area contributed by atoms with Gasteiger partial charge in [0.2, 0.25) is 0 Å². The minimum absolute atomic E-state index is 0.00766. The van der Waals surface area contributed by atoms with Gasteiger partial charge >= 0.3 is 11.9 Å². The van der Waals surface area contributed by atoms with Crippen molar-refractivity contribution in [3.63, 3.8) is 0 Å². The fourth-order valence-electron chi connectivity index (χ4n) is 1.99. The van der Waals surface area contributed by atoms with Crippen molar-refractivity contribution in [3.8, 4) is 0 Å². The number of aliphatic carboxylic acids is 2. The summed E-state index contributed by atoms with van der Waals surface area (Å²) in [6.07, 6.45) is 2.41. The zero-order valence-electron chi connectivity index (χ0n) is 11.1. The van der Waals surface area contributed by atoms with Crippen LogP contribution in [-0.2, 0) is 9.59 Å². The van der Waals surface area contributed by atoms with E-state index in [1.54, 1.807) is 0 Å². The molecule has 112 valence electrons. The zero-order valence-corrected chi connectivity index (χ0v) is 11.1. The molecule has 0 amide bonds. The van der Waals surface area contributed by atoms with Gasteiger partial charge in [-0.2, -0.15) is 0 Å². The average Bonchev–Trinajstić information content (AvgIpc) is 3.22. The van der Waals surface area contributed by atoms with Crippen LogP contribution in [0.2, 0.25) is 0 Å². The van der Waals surface area contributed by atoms with Crippen molar-refractivity contribution in [2.24, 2.45) is 0 Å². The van der Waals surface area contributed by atoms with E-state index in [2.05, 4.69) is 0 Å². The number of hydrogen-bond acceptors (Lipinski definition) is 3. The standard InChI is InChI=1S/C14H13F2NO4/c1-7-11(5-4-10(15)12(7)16)17(8-2-3-8)6-9(13(18)19)14(20)21/h4-6,8H,2-3H2,1H3,(H,18,19)(H,20,21). The predicted octanol–water partition coefficient (Wildman–Crippen LogP) is 2.30. The normalized spacial score (nSPS) is 13.7. The van der Waals surface area contributed by atoms with Gasteiger partial charge in [-0.15, -0.1) is 0 Å². The molecule has 0 bridgehead atoms. The third-order valence-electron chi connectivity index (χ3n) is 3.26. The smallest absolute Gasteiger partial charge is 0.344 e. The number of carboxylic acids is 2. The van der Waals surface area contributed by atoms with E-state index >= 15 is 0 Å². The number of carbonyl (C=O) groups is 2. The Morgan fingerprint density at radius 2 is 1.81 bits per heavy atom. The van der Waals surface area contributed by atoms with E-state index in [4.69, 9.17) is 10.2 Å². The average molecular weight is 297 g/mol. The fourth-order valence-corrected chi connectivity index (χ4v) is 1.99. The van der Waals surface area contributed by atoms with Crippen LogP contribution in [0.25, 0.3) is 0 Å². The lowest BCUT2D eigenvalue weighted by atomic mass is 10.1. The molecule has 7 heteroatoms. The van der Waals surface area contributed by atoms with E-state index in [0.29, 0.717) is 0 Å². The Bertz CT molecular complexity index is 622. The van der Waals surface area contributed by atoms with Gasteiger partial charge in [-0.1, -0.05) is 0 Å². The number of benzene rings is 1. The van der Waals surface area contributed by atoms with Crippen LogP contribution in [0, 0.1) is 18.6 Å². The van der Waals surface area contributed by atoms with Crippen molar-refractivity contribution < 1.29 is 28.6 Å². The number of anilines is 1. The topological polar surface area (TPSA) is 77.8 Å². The van der Waals surface area contributed by atoms with Crippen molar-refractivity contribution in [1.82, 2.24) is 0 Å². The highest BCUT2D eigenvalue weighted by Crippen LogP contribution is 2.35. The number of rotatable bonds is 5. The van der Waals surface area contributed by atoms with Crippen LogP contribution in [0.1, 0.15) is 18.4 Å². The molecule has 0 atom stereocenters. The molecule has 5 nitrogen and oxygen atoms in total. The molecule has 21 heavy (non-hydrogen) atoms. The number of carboxylic acid groups (broad SMARTS) is 2. The summed E-state index contributed by atoms with van der Waals surface area (Å²) in [5, 5.41) is 17.8. The summed E-state index contributed by atoms with van der Waals surface area (Å²) in [5.74, 6) is -5.21. The van der Waals surface area contributed by atoms with Gasteiger partial charge in [-0.25, -0.2) is 18.4 Å². The highest BCUT2D eigenvalue weighted by Gasteiger charge is 2.32. The van der Waals surface area contributed by atoms with E-state index in [0.717, 1.165) is 25.1 Å². The van der Waals surface area contributed by atoms with Crippen molar-refractivity contribution in [2.75, 3.05) is 4.90 Å². The molecule has 0 spiro atoms. The first kappa shape index (κ1) is 15.0. The van der Waals surface area contributed by atoms with Crippen molar-refractivity contribution in [1.29, 1.82) is 0 Å². The summed E-state index contributed by atoms with van der Waals surface area (Å²) in [5.41, 5.74) is -0.560. The Labute approximate surface area is 119 Å². The van der Waals surface area contributed by atoms with Crippen LogP contribution in [0.5, 0.6) is 0 Å². The first-order valence-corrected chi connectivity index (χ1v) is 6.24. The van der Waals surface area contributed by atoms with E-state index in [9.17, 15) is 18.4 Å². The Balaban J connectivity index is 2.50. The molecular formula is C14H13F2NO4. The fraction of sp³-hybridized carbons (Fsp3) is 0.286. The lowest BCUT2D eigenvalue weighted by Gasteiger charge is -2.23. The maximum absolute atomic E-state index is 13.6. The van der Waals surface area contributed by atoms with Crippen molar-refractivity contribution in [3.05, 3.63) is 41.1 Å². The summed E-state index contributed by atoms with van der Waals surface area (Å²) >= 11 is 0. The minimum Gasteiger partial charge on any atom is -0.477 e. The quantitative estimate of drug-likeness (QED) is 0.495. The summed E-state index contributed by atoms with van der Waals surface area (Å²) in [6.45, 7) is 1.36. The largest absolute Gasteiger partial charge is 0.477 e. The monoisotopic (exact) mass is 297 g/mol. The summed E-state index contributed by atoms with van der Waals surface area (Å²) in [4.78, 5) is 23.3. The number of nitrogens with zero attached hydrogens (tertiary/aromatic N) is 1. The van der Waals surface area contributed by atoms with Gasteiger partial charge in [0.15, 0.2) is 17.2 Å². The van der Waals surface area contributed by atoms with Gasteiger partial charge in [0, 0.05) is 23.5 Å². The maximum atomic E-state index is 13.6. The molecule has 2 rings (SSSR count). The number of hydrogen-bond donors (Lipinski definition) is 2. The lowest BCUT2D eigenvalue weighted by molar-refractivity contribution is -0.140. The van der Waals surface area contributed by atoms with Gasteiger partial charge in [0.1, 0.15) is 0 Å². The SMILES string of the molecule is Cc1c(N(C=C(C(=O)O)C(=O)O)C2CC2)ccc(F)c1F. The molecule has 2 N–H and O–H groups in total. The van der Waals surface area contributed by atoms with E-state index in [1.807, 2.05) is 0 Å². The minimum atomic E-state index is -1.59. The first-order valence-electron chi connectivity index (χ1n) is 6.24. The van der Waals surface area contributed by atoms with Crippen molar-refractivity contribution >= 4 is 17.6 Å². The Morgan fingerprint density at radius 3 is 2.29 bits per heavy atom. The first-order chi connectivity index (χ1) is 9.82. The van der Waals surface area contributed by atoms with Crippen LogP contribution in [0.4, 0.5) is 14.5 Å². The molecule has 0 saturated heterocycles. The molecule has 1 aliphatic rings. The molecule has 1 aromatic rings. The van der Waals surface area contributed by atoms with Gasteiger partial charge in [-0.3, -0.25) is 0 Å². The molecule has 0 heterocycles. The highest BCUT2D eigenvalue weighted by molar-refractivity contribution is 6.12. The summed E-state index contributed by atoms with van der Waals surface area (Å²) < 4.78 is 26.8. The summed E-state index contributed by atoms with van der Waals surface area (Å²) in [7, 11) is 0. The third-order valence-corrected chi connectivity index (χ3v) is 3.26. The second-order valence-electron chi connectivity index (χ2n) is 4.80. The lowest BCUT2D eigenvalue weighted by Crippen LogP contribution is -2.24. The molecule has 0 aliphatic heterocycles. The van der Waals surface area contributed by atoms with E-state index in [-0.39, 0.29) is 17.3 Å². The molecule has 1 aliphatic carbocycles.